The molecule has 4 nitrogen and oxygen atoms in total. The van der Waals surface area contributed by atoms with Crippen molar-refractivity contribution in [3.8, 4) is 0 Å². The maximum atomic E-state index is 14.0. The molecule has 2 aromatic rings. The van der Waals surface area contributed by atoms with Crippen LogP contribution in [0.1, 0.15) is 43.4 Å². The van der Waals surface area contributed by atoms with Crippen molar-refractivity contribution in [3.63, 3.8) is 0 Å². The molecule has 1 heterocycles. The largest absolute Gasteiger partial charge is 0.465 e. The van der Waals surface area contributed by atoms with Gasteiger partial charge in [0, 0.05) is 11.8 Å². The number of hydrogen-bond donors (Lipinski definition) is 1. The zero-order valence-electron chi connectivity index (χ0n) is 15.4. The molecule has 26 heavy (non-hydrogen) atoms. The standard InChI is InChI=1S/C21H27FN2O2/c1-26-21(25)16-24(18-9-3-2-4-10-18)15-19-11-7-13-23(19)14-17-8-5-6-12-20(17)22/h5-8,11-13,18H,2-4,9-10,14-16H2,1H3/p+1. The number of halogens is 1. The number of methoxy groups -OCH3 is 1. The van der Waals surface area contributed by atoms with Crippen LogP contribution in [0.4, 0.5) is 4.39 Å². The number of nitrogens with one attached hydrogen (secondary N) is 1. The highest BCUT2D eigenvalue weighted by Gasteiger charge is 2.28. The zero-order valence-corrected chi connectivity index (χ0v) is 15.4. The lowest BCUT2D eigenvalue weighted by Gasteiger charge is -2.30. The van der Waals surface area contributed by atoms with Crippen LogP contribution in [0.15, 0.2) is 42.6 Å². The molecule has 0 radical (unpaired) electrons. The summed E-state index contributed by atoms with van der Waals surface area (Å²) in [4.78, 5) is 13.2. The van der Waals surface area contributed by atoms with E-state index in [0.29, 0.717) is 24.7 Å². The minimum atomic E-state index is -0.182. The number of carbonyl (C=O) groups is 1. The maximum absolute atomic E-state index is 14.0. The van der Waals surface area contributed by atoms with Crippen molar-refractivity contribution in [1.29, 1.82) is 0 Å². The fourth-order valence-electron chi connectivity index (χ4n) is 3.93. The number of rotatable bonds is 7. The molecule has 1 fully saturated rings. The summed E-state index contributed by atoms with van der Waals surface area (Å²) in [6.07, 6.45) is 8.03. The van der Waals surface area contributed by atoms with Crippen LogP contribution in [-0.2, 0) is 22.6 Å². The van der Waals surface area contributed by atoms with E-state index in [4.69, 9.17) is 4.74 Å². The van der Waals surface area contributed by atoms with Crippen LogP contribution >= 0.6 is 0 Å². The number of ether oxygens (including phenoxy) is 1. The lowest BCUT2D eigenvalue weighted by atomic mass is 9.94. The van der Waals surface area contributed by atoms with Gasteiger partial charge < -0.3 is 14.2 Å². The fraction of sp³-hybridized carbons (Fsp3) is 0.476. The molecule has 1 aliphatic carbocycles. The molecule has 0 bridgehead atoms. The van der Waals surface area contributed by atoms with Gasteiger partial charge in [-0.3, -0.25) is 0 Å². The molecule has 0 saturated heterocycles. The summed E-state index contributed by atoms with van der Waals surface area (Å²) in [6.45, 7) is 1.64. The number of quaternary nitrogens is 1. The maximum Gasteiger partial charge on any atom is 0.361 e. The summed E-state index contributed by atoms with van der Waals surface area (Å²) < 4.78 is 21.0. The molecule has 0 aliphatic heterocycles. The van der Waals surface area contributed by atoms with E-state index in [1.54, 1.807) is 6.07 Å². The van der Waals surface area contributed by atoms with Gasteiger partial charge >= 0.3 is 5.97 Å². The first-order valence-electron chi connectivity index (χ1n) is 9.46. The quantitative estimate of drug-likeness (QED) is 0.772. The first-order chi connectivity index (χ1) is 12.7. The van der Waals surface area contributed by atoms with E-state index in [1.165, 1.54) is 37.3 Å². The molecule has 1 saturated carbocycles. The summed E-state index contributed by atoms with van der Waals surface area (Å²) in [6, 6.07) is 11.4. The SMILES string of the molecule is COC(=O)C[NH+](Cc1cccn1Cc1ccccc1F)C1CCCCC1. The molecule has 0 amide bonds. The average Bonchev–Trinajstić information content (AvgIpc) is 3.10. The summed E-state index contributed by atoms with van der Waals surface area (Å²) in [7, 11) is 1.45. The van der Waals surface area contributed by atoms with Gasteiger partial charge in [-0.15, -0.1) is 0 Å². The summed E-state index contributed by atoms with van der Waals surface area (Å²) in [5.74, 6) is -0.351. The van der Waals surface area contributed by atoms with E-state index in [2.05, 4.69) is 10.6 Å². The van der Waals surface area contributed by atoms with Crippen molar-refractivity contribution in [3.05, 3.63) is 59.7 Å². The van der Waals surface area contributed by atoms with Gasteiger partial charge in [-0.25, -0.2) is 9.18 Å². The zero-order chi connectivity index (χ0) is 18.4. The third-order valence-corrected chi connectivity index (χ3v) is 5.41. The highest BCUT2D eigenvalue weighted by atomic mass is 19.1. The molecule has 1 aliphatic rings. The lowest BCUT2D eigenvalue weighted by Crippen LogP contribution is -3.15. The smallest absolute Gasteiger partial charge is 0.361 e. The molecule has 1 aromatic carbocycles. The van der Waals surface area contributed by atoms with Gasteiger partial charge in [-0.2, -0.15) is 0 Å². The second kappa shape index (κ2) is 8.99. The normalized spacial score (nSPS) is 16.4. The first-order valence-corrected chi connectivity index (χ1v) is 9.46. The van der Waals surface area contributed by atoms with E-state index in [0.717, 1.165) is 25.1 Å². The van der Waals surface area contributed by atoms with Crippen molar-refractivity contribution < 1.29 is 18.8 Å². The number of hydrogen-bond acceptors (Lipinski definition) is 2. The topological polar surface area (TPSA) is 35.7 Å². The summed E-state index contributed by atoms with van der Waals surface area (Å²) in [5, 5.41) is 0. The number of carbonyl (C=O) groups excluding carboxylic acids is 1. The monoisotopic (exact) mass is 359 g/mol. The summed E-state index contributed by atoms with van der Waals surface area (Å²) in [5.41, 5.74) is 1.80. The number of nitrogens with zero attached hydrogens (tertiary/aromatic N) is 1. The molecule has 1 N–H and O–H groups in total. The second-order valence-corrected chi connectivity index (χ2v) is 7.14. The van der Waals surface area contributed by atoms with Gasteiger partial charge in [-0.1, -0.05) is 24.6 Å². The number of benzene rings is 1. The summed E-state index contributed by atoms with van der Waals surface area (Å²) >= 11 is 0. The van der Waals surface area contributed by atoms with Gasteiger partial charge in [0.1, 0.15) is 12.4 Å². The Bertz CT molecular complexity index is 722. The molecule has 3 rings (SSSR count). The van der Waals surface area contributed by atoms with E-state index < -0.39 is 0 Å². The van der Waals surface area contributed by atoms with Crippen LogP contribution in [0.25, 0.3) is 0 Å². The van der Waals surface area contributed by atoms with Gasteiger partial charge in [0.05, 0.1) is 25.4 Å². The minimum Gasteiger partial charge on any atom is -0.465 e. The first kappa shape index (κ1) is 18.6. The predicted octanol–water partition coefficient (Wildman–Crippen LogP) is 2.57. The molecule has 5 heteroatoms. The Labute approximate surface area is 154 Å². The van der Waals surface area contributed by atoms with Gasteiger partial charge in [-0.05, 0) is 43.9 Å². The van der Waals surface area contributed by atoms with Crippen LogP contribution in [0.2, 0.25) is 0 Å². The van der Waals surface area contributed by atoms with Crippen molar-refractivity contribution >= 4 is 5.97 Å². The van der Waals surface area contributed by atoms with Crippen LogP contribution < -0.4 is 4.90 Å². The van der Waals surface area contributed by atoms with E-state index >= 15 is 0 Å². The van der Waals surface area contributed by atoms with E-state index in [9.17, 15) is 9.18 Å². The second-order valence-electron chi connectivity index (χ2n) is 7.14. The van der Waals surface area contributed by atoms with Crippen LogP contribution in [-0.4, -0.2) is 30.2 Å². The van der Waals surface area contributed by atoms with Crippen molar-refractivity contribution in [1.82, 2.24) is 4.57 Å². The fourth-order valence-corrected chi connectivity index (χ4v) is 3.93. The molecule has 1 unspecified atom stereocenters. The van der Waals surface area contributed by atoms with Crippen LogP contribution in [0, 0.1) is 5.82 Å². The lowest BCUT2D eigenvalue weighted by molar-refractivity contribution is -0.933. The van der Waals surface area contributed by atoms with Crippen LogP contribution in [0.3, 0.4) is 0 Å². The molecular weight excluding hydrogens is 331 g/mol. The number of esters is 1. The average molecular weight is 359 g/mol. The number of aromatic nitrogens is 1. The highest BCUT2D eigenvalue weighted by Crippen LogP contribution is 2.16. The molecule has 1 aromatic heterocycles. The predicted molar refractivity (Wildman–Crippen MR) is 98.4 cm³/mol. The Hall–Kier alpha value is -2.14. The third kappa shape index (κ3) is 4.73. The Morgan fingerprint density at radius 3 is 2.69 bits per heavy atom. The van der Waals surface area contributed by atoms with Crippen molar-refractivity contribution in [2.75, 3.05) is 13.7 Å². The van der Waals surface area contributed by atoms with Crippen LogP contribution in [0.5, 0.6) is 0 Å². The third-order valence-electron chi connectivity index (χ3n) is 5.41. The minimum absolute atomic E-state index is 0.169. The highest BCUT2D eigenvalue weighted by molar-refractivity contribution is 5.70. The van der Waals surface area contributed by atoms with Crippen molar-refractivity contribution in [2.24, 2.45) is 0 Å². The van der Waals surface area contributed by atoms with Gasteiger partial charge in [0.25, 0.3) is 0 Å². The van der Waals surface area contributed by atoms with Gasteiger partial charge in [0.2, 0.25) is 0 Å². The Kier molecular flexibility index (Phi) is 6.45. The van der Waals surface area contributed by atoms with Crippen molar-refractivity contribution in [2.45, 2.75) is 51.2 Å². The molecule has 0 spiro atoms. The Morgan fingerprint density at radius 2 is 1.96 bits per heavy atom. The van der Waals surface area contributed by atoms with E-state index in [1.807, 2.05) is 24.4 Å². The molecule has 140 valence electrons. The molecule has 1 atom stereocenters. The van der Waals surface area contributed by atoms with E-state index in [-0.39, 0.29) is 11.8 Å². The molecular formula is C21H28FN2O2+. The Balaban J connectivity index is 1.75. The van der Waals surface area contributed by atoms with Gasteiger partial charge in [0.15, 0.2) is 6.54 Å². The Morgan fingerprint density at radius 1 is 1.19 bits per heavy atom.